The zero-order valence-corrected chi connectivity index (χ0v) is 23.7. The van der Waals surface area contributed by atoms with Crippen molar-refractivity contribution in [2.24, 2.45) is 0 Å². The van der Waals surface area contributed by atoms with Crippen LogP contribution in [0.25, 0.3) is 0 Å². The SMILES string of the molecule is O=C1C=CC(=O)N1c1ccc(Oc2ccc(Cc3ccc(Oc4ccc(N5C(=O)C=CC5=O)cc4)c(Cl)c3)cc2Cl)cc1. The molecule has 4 aromatic carbocycles. The van der Waals surface area contributed by atoms with Gasteiger partial charge in [-0.3, -0.25) is 19.2 Å². The molecule has 2 aliphatic heterocycles. The molecule has 4 aromatic rings. The minimum Gasteiger partial charge on any atom is -0.456 e. The summed E-state index contributed by atoms with van der Waals surface area (Å²) in [4.78, 5) is 49.7. The maximum atomic E-state index is 11.9. The molecular formula is C33H20Cl2N2O6. The van der Waals surface area contributed by atoms with E-state index < -0.39 is 0 Å². The molecule has 0 atom stereocenters. The lowest BCUT2D eigenvalue weighted by Gasteiger charge is -2.15. The van der Waals surface area contributed by atoms with E-state index in [0.29, 0.717) is 50.8 Å². The Bertz CT molecular complexity index is 1680. The zero-order valence-electron chi connectivity index (χ0n) is 22.2. The second-order valence-corrected chi connectivity index (χ2v) is 10.4. The Balaban J connectivity index is 1.08. The number of anilines is 2. The summed E-state index contributed by atoms with van der Waals surface area (Å²) >= 11 is 13.0. The molecular weight excluding hydrogens is 591 g/mol. The van der Waals surface area contributed by atoms with Gasteiger partial charge in [0.1, 0.15) is 23.0 Å². The first-order valence-corrected chi connectivity index (χ1v) is 13.8. The van der Waals surface area contributed by atoms with E-state index in [1.807, 2.05) is 24.3 Å². The Morgan fingerprint density at radius 2 is 0.837 bits per heavy atom. The number of benzene rings is 4. The largest absolute Gasteiger partial charge is 0.456 e. The fraction of sp³-hybridized carbons (Fsp3) is 0.0303. The third-order valence-corrected chi connectivity index (χ3v) is 7.26. The molecule has 8 nitrogen and oxygen atoms in total. The van der Waals surface area contributed by atoms with Crippen LogP contribution >= 0.6 is 23.2 Å². The standard InChI is InChI=1S/C33H20Cl2N2O6/c34-26-18-20(1-11-28(26)42-24-7-3-22(4-8-24)36-30(38)13-14-31(36)39)17-21-2-12-29(27(35)19-21)43-25-9-5-23(6-10-25)37-32(40)15-16-33(37)41/h1-16,18-19H,17H2. The van der Waals surface area contributed by atoms with Gasteiger partial charge in [0.15, 0.2) is 0 Å². The van der Waals surface area contributed by atoms with E-state index >= 15 is 0 Å². The molecule has 0 saturated heterocycles. The minimum absolute atomic E-state index is 0.388. The van der Waals surface area contributed by atoms with E-state index in [9.17, 15) is 19.2 Å². The summed E-state index contributed by atoms with van der Waals surface area (Å²) in [6, 6.07) is 24.1. The van der Waals surface area contributed by atoms with Gasteiger partial charge in [-0.05, 0) is 90.3 Å². The first-order chi connectivity index (χ1) is 20.7. The van der Waals surface area contributed by atoms with Gasteiger partial charge < -0.3 is 9.47 Å². The van der Waals surface area contributed by atoms with Crippen LogP contribution in [0.5, 0.6) is 23.0 Å². The van der Waals surface area contributed by atoms with E-state index in [2.05, 4.69) is 0 Å². The van der Waals surface area contributed by atoms with Crippen LogP contribution in [0.4, 0.5) is 11.4 Å². The van der Waals surface area contributed by atoms with Crippen LogP contribution in [-0.4, -0.2) is 23.6 Å². The molecule has 0 unspecified atom stereocenters. The highest BCUT2D eigenvalue weighted by molar-refractivity contribution is 6.32. The average molecular weight is 611 g/mol. The molecule has 0 aromatic heterocycles. The predicted molar refractivity (Wildman–Crippen MR) is 162 cm³/mol. The lowest BCUT2D eigenvalue weighted by Crippen LogP contribution is -2.29. The summed E-state index contributed by atoms with van der Waals surface area (Å²) < 4.78 is 11.8. The van der Waals surface area contributed by atoms with E-state index in [-0.39, 0.29) is 23.6 Å². The van der Waals surface area contributed by atoms with Crippen molar-refractivity contribution in [1.82, 2.24) is 0 Å². The summed E-state index contributed by atoms with van der Waals surface area (Å²) in [6.07, 6.45) is 5.48. The number of nitrogens with zero attached hydrogens (tertiary/aromatic N) is 2. The normalized spacial score (nSPS) is 14.3. The smallest absolute Gasteiger partial charge is 0.258 e. The molecule has 0 radical (unpaired) electrons. The van der Waals surface area contributed by atoms with E-state index in [1.54, 1.807) is 60.7 Å². The Hall–Kier alpha value is -5.18. The lowest BCUT2D eigenvalue weighted by molar-refractivity contribution is -0.121. The third-order valence-electron chi connectivity index (χ3n) is 6.66. The molecule has 0 bridgehead atoms. The van der Waals surface area contributed by atoms with Crippen LogP contribution in [0.15, 0.2) is 109 Å². The summed E-state index contributed by atoms with van der Waals surface area (Å²) in [5, 5.41) is 0.830. The molecule has 212 valence electrons. The fourth-order valence-corrected chi connectivity index (χ4v) is 5.08. The van der Waals surface area contributed by atoms with Crippen molar-refractivity contribution in [3.05, 3.63) is 130 Å². The van der Waals surface area contributed by atoms with Gasteiger partial charge in [-0.15, -0.1) is 0 Å². The van der Waals surface area contributed by atoms with Crippen molar-refractivity contribution >= 4 is 58.2 Å². The molecule has 43 heavy (non-hydrogen) atoms. The molecule has 0 spiro atoms. The summed E-state index contributed by atoms with van der Waals surface area (Å²) in [5.41, 5.74) is 2.78. The van der Waals surface area contributed by atoms with Gasteiger partial charge in [-0.25, -0.2) is 9.80 Å². The van der Waals surface area contributed by atoms with E-state index in [0.717, 1.165) is 20.9 Å². The van der Waals surface area contributed by atoms with Gasteiger partial charge in [-0.2, -0.15) is 0 Å². The summed E-state index contributed by atoms with van der Waals surface area (Å²) in [7, 11) is 0. The van der Waals surface area contributed by atoms with Crippen LogP contribution in [0.1, 0.15) is 11.1 Å². The van der Waals surface area contributed by atoms with Gasteiger partial charge in [0.2, 0.25) is 0 Å². The van der Waals surface area contributed by atoms with Gasteiger partial charge in [0.25, 0.3) is 23.6 Å². The van der Waals surface area contributed by atoms with Crippen molar-refractivity contribution in [2.45, 2.75) is 6.42 Å². The molecule has 6 rings (SSSR count). The number of carbonyl (C=O) groups excluding carboxylic acids is 4. The monoisotopic (exact) mass is 610 g/mol. The minimum atomic E-state index is -0.388. The predicted octanol–water partition coefficient (Wildman–Crippen LogP) is 7.03. The van der Waals surface area contributed by atoms with Gasteiger partial charge in [-0.1, -0.05) is 35.3 Å². The Morgan fingerprint density at radius 1 is 0.488 bits per heavy atom. The van der Waals surface area contributed by atoms with Crippen LogP contribution in [0.2, 0.25) is 10.0 Å². The number of rotatable bonds is 8. The molecule has 0 fully saturated rings. The lowest BCUT2D eigenvalue weighted by atomic mass is 10.0. The van der Waals surface area contributed by atoms with E-state index in [4.69, 9.17) is 32.7 Å². The Morgan fingerprint density at radius 3 is 1.16 bits per heavy atom. The molecule has 4 amide bonds. The van der Waals surface area contributed by atoms with Gasteiger partial charge in [0.05, 0.1) is 21.4 Å². The average Bonchev–Trinajstić information content (AvgIpc) is 3.51. The van der Waals surface area contributed by atoms with Crippen molar-refractivity contribution < 1.29 is 28.7 Å². The number of halogens is 2. The quantitative estimate of drug-likeness (QED) is 0.199. The molecule has 0 N–H and O–H groups in total. The Kier molecular flexibility index (Phi) is 7.54. The molecule has 2 aliphatic rings. The number of carbonyl (C=O) groups is 4. The summed E-state index contributed by atoms with van der Waals surface area (Å²) in [5.74, 6) is 0.351. The first kappa shape index (κ1) is 28.0. The number of ether oxygens (including phenoxy) is 2. The topological polar surface area (TPSA) is 93.2 Å². The molecule has 2 heterocycles. The maximum absolute atomic E-state index is 11.9. The number of amides is 4. The second kappa shape index (κ2) is 11.6. The van der Waals surface area contributed by atoms with Crippen molar-refractivity contribution in [3.8, 4) is 23.0 Å². The fourth-order valence-electron chi connectivity index (χ4n) is 4.60. The second-order valence-electron chi connectivity index (χ2n) is 9.59. The van der Waals surface area contributed by atoms with Crippen LogP contribution in [0, 0.1) is 0 Å². The molecule has 10 heteroatoms. The third kappa shape index (κ3) is 5.92. The Labute approximate surface area is 255 Å². The maximum Gasteiger partial charge on any atom is 0.258 e. The van der Waals surface area contributed by atoms with Gasteiger partial charge >= 0.3 is 0 Å². The van der Waals surface area contributed by atoms with Crippen LogP contribution in [0.3, 0.4) is 0 Å². The van der Waals surface area contributed by atoms with Crippen molar-refractivity contribution in [1.29, 1.82) is 0 Å². The van der Waals surface area contributed by atoms with E-state index in [1.165, 1.54) is 24.3 Å². The van der Waals surface area contributed by atoms with Crippen molar-refractivity contribution in [3.63, 3.8) is 0 Å². The summed E-state index contributed by atoms with van der Waals surface area (Å²) in [6.45, 7) is 0. The zero-order chi connectivity index (χ0) is 30.1. The van der Waals surface area contributed by atoms with Crippen LogP contribution < -0.4 is 19.3 Å². The number of hydrogen-bond donors (Lipinski definition) is 0. The number of hydrogen-bond acceptors (Lipinski definition) is 6. The highest BCUT2D eigenvalue weighted by Gasteiger charge is 2.26. The highest BCUT2D eigenvalue weighted by Crippen LogP contribution is 2.34. The van der Waals surface area contributed by atoms with Crippen LogP contribution in [-0.2, 0) is 25.6 Å². The molecule has 0 aliphatic carbocycles. The number of imide groups is 2. The highest BCUT2D eigenvalue weighted by atomic mass is 35.5. The molecule has 0 saturated carbocycles. The van der Waals surface area contributed by atoms with Crippen molar-refractivity contribution in [2.75, 3.05) is 9.80 Å². The first-order valence-electron chi connectivity index (χ1n) is 13.0. The van der Waals surface area contributed by atoms with Gasteiger partial charge in [0, 0.05) is 24.3 Å².